The Morgan fingerprint density at radius 2 is 2.17 bits per heavy atom. The van der Waals surface area contributed by atoms with Crippen LogP contribution in [0.2, 0.25) is 5.02 Å². The van der Waals surface area contributed by atoms with Crippen LogP contribution in [0.25, 0.3) is 0 Å². The number of nitrogens with two attached hydrogens (primary N) is 1. The number of rotatable bonds is 3. The number of nitrogens with one attached hydrogen (secondary N) is 2. The van der Waals surface area contributed by atoms with Gasteiger partial charge in [-0.05, 0) is 25.1 Å². The van der Waals surface area contributed by atoms with E-state index in [0.29, 0.717) is 10.8 Å². The molecule has 0 spiro atoms. The molecule has 0 aliphatic carbocycles. The molecule has 6 nitrogen and oxygen atoms in total. The summed E-state index contributed by atoms with van der Waals surface area (Å²) < 4.78 is 26.3. The van der Waals surface area contributed by atoms with Gasteiger partial charge < -0.3 is 10.7 Å². The summed E-state index contributed by atoms with van der Waals surface area (Å²) in [4.78, 5) is 6.47. The first-order valence-electron chi connectivity index (χ1n) is 4.98. The molecule has 8 heteroatoms. The Kier molecular flexibility index (Phi) is 3.18. The molecule has 96 valence electrons. The summed E-state index contributed by atoms with van der Waals surface area (Å²) in [7, 11) is -3.72. The molecule has 2 rings (SSSR count). The van der Waals surface area contributed by atoms with Crippen molar-refractivity contribution in [2.45, 2.75) is 11.9 Å². The Morgan fingerprint density at radius 1 is 1.44 bits per heavy atom. The first kappa shape index (κ1) is 12.7. The number of nitrogens with zero attached hydrogens (tertiary/aromatic N) is 1. The zero-order valence-electron chi connectivity index (χ0n) is 9.44. The lowest BCUT2D eigenvalue weighted by Gasteiger charge is -2.08. The zero-order chi connectivity index (χ0) is 13.3. The molecular weight excluding hydrogens is 276 g/mol. The van der Waals surface area contributed by atoms with Gasteiger partial charge in [0.25, 0.3) is 10.0 Å². The van der Waals surface area contributed by atoms with E-state index in [2.05, 4.69) is 14.7 Å². The van der Waals surface area contributed by atoms with E-state index in [0.717, 1.165) is 0 Å². The molecule has 0 amide bonds. The van der Waals surface area contributed by atoms with Gasteiger partial charge in [0.1, 0.15) is 5.82 Å². The molecule has 0 unspecified atom stereocenters. The minimum absolute atomic E-state index is 0.0191. The van der Waals surface area contributed by atoms with E-state index in [1.807, 2.05) is 0 Å². The molecule has 0 aliphatic heterocycles. The smallest absolute Gasteiger partial charge is 0.279 e. The second-order valence-corrected chi connectivity index (χ2v) is 5.76. The summed E-state index contributed by atoms with van der Waals surface area (Å²) in [5.41, 5.74) is 6.20. The summed E-state index contributed by atoms with van der Waals surface area (Å²) in [6.45, 7) is 1.66. The van der Waals surface area contributed by atoms with Crippen LogP contribution in [-0.2, 0) is 10.0 Å². The van der Waals surface area contributed by atoms with E-state index in [1.54, 1.807) is 13.0 Å². The Morgan fingerprint density at radius 3 is 2.72 bits per heavy atom. The largest absolute Gasteiger partial charge is 0.397 e. The van der Waals surface area contributed by atoms with Crippen LogP contribution in [0.1, 0.15) is 5.82 Å². The number of halogens is 1. The molecule has 4 N–H and O–H groups in total. The topological polar surface area (TPSA) is 101 Å². The highest BCUT2D eigenvalue weighted by molar-refractivity contribution is 7.92. The highest BCUT2D eigenvalue weighted by Crippen LogP contribution is 2.24. The first-order chi connectivity index (χ1) is 8.38. The van der Waals surface area contributed by atoms with Crippen LogP contribution in [0.5, 0.6) is 0 Å². The molecule has 0 aliphatic rings. The summed E-state index contributed by atoms with van der Waals surface area (Å²) >= 11 is 5.74. The van der Waals surface area contributed by atoms with Gasteiger partial charge in [-0.15, -0.1) is 0 Å². The second kappa shape index (κ2) is 4.51. The standard InChI is InChI=1S/C10H11ClN4O2S/c1-6-13-5-10(14-6)18(16,17)15-9-3-2-7(11)4-8(9)12/h2-5,15H,12H2,1H3,(H,13,14). The van der Waals surface area contributed by atoms with Crippen LogP contribution in [0.15, 0.2) is 29.4 Å². The number of aryl methyl sites for hydroxylation is 1. The minimum atomic E-state index is -3.72. The van der Waals surface area contributed by atoms with E-state index in [4.69, 9.17) is 17.3 Å². The van der Waals surface area contributed by atoms with Gasteiger partial charge in [0.2, 0.25) is 0 Å². The SMILES string of the molecule is Cc1ncc(S(=O)(=O)Nc2ccc(Cl)cc2N)[nH]1. The molecule has 2 aromatic rings. The molecule has 1 aromatic carbocycles. The van der Waals surface area contributed by atoms with Gasteiger partial charge in [0.15, 0.2) is 5.03 Å². The van der Waals surface area contributed by atoms with E-state index < -0.39 is 10.0 Å². The second-order valence-electron chi connectivity index (χ2n) is 3.67. The van der Waals surface area contributed by atoms with Crippen molar-refractivity contribution in [3.05, 3.63) is 35.2 Å². The first-order valence-corrected chi connectivity index (χ1v) is 6.84. The fourth-order valence-corrected chi connectivity index (χ4v) is 2.60. The summed E-state index contributed by atoms with van der Waals surface area (Å²) in [5.74, 6) is 0.513. The van der Waals surface area contributed by atoms with Crippen LogP contribution < -0.4 is 10.5 Å². The van der Waals surface area contributed by atoms with Gasteiger partial charge in [-0.3, -0.25) is 4.72 Å². The van der Waals surface area contributed by atoms with Crippen LogP contribution >= 0.6 is 11.6 Å². The third kappa shape index (κ3) is 2.57. The lowest BCUT2D eigenvalue weighted by molar-refractivity contribution is 0.598. The third-order valence-corrected chi connectivity index (χ3v) is 3.74. The molecule has 0 fully saturated rings. The van der Waals surface area contributed by atoms with E-state index in [-0.39, 0.29) is 16.4 Å². The average Bonchev–Trinajstić information content (AvgIpc) is 2.70. The lowest BCUT2D eigenvalue weighted by atomic mass is 10.3. The molecule has 0 radical (unpaired) electrons. The number of benzene rings is 1. The van der Waals surface area contributed by atoms with Crippen molar-refractivity contribution in [1.29, 1.82) is 0 Å². The van der Waals surface area contributed by atoms with Crippen LogP contribution in [0.3, 0.4) is 0 Å². The Bertz CT molecular complexity index is 681. The third-order valence-electron chi connectivity index (χ3n) is 2.23. The number of anilines is 2. The number of aromatic amines is 1. The zero-order valence-corrected chi connectivity index (χ0v) is 11.0. The van der Waals surface area contributed by atoms with Crippen molar-refractivity contribution in [2.24, 2.45) is 0 Å². The predicted molar refractivity (Wildman–Crippen MR) is 70.0 cm³/mol. The predicted octanol–water partition coefficient (Wildman–Crippen LogP) is 1.75. The van der Waals surface area contributed by atoms with Gasteiger partial charge in [-0.1, -0.05) is 11.6 Å². The number of aromatic nitrogens is 2. The van der Waals surface area contributed by atoms with Gasteiger partial charge in [-0.25, -0.2) is 4.98 Å². The van der Waals surface area contributed by atoms with Crippen molar-refractivity contribution < 1.29 is 8.42 Å². The van der Waals surface area contributed by atoms with Crippen molar-refractivity contribution in [3.8, 4) is 0 Å². The molecular formula is C10H11ClN4O2S. The van der Waals surface area contributed by atoms with Gasteiger partial charge in [0, 0.05) is 5.02 Å². The summed E-state index contributed by atoms with van der Waals surface area (Å²) in [6.07, 6.45) is 1.24. The molecule has 0 saturated heterocycles. The highest BCUT2D eigenvalue weighted by atomic mass is 35.5. The van der Waals surface area contributed by atoms with Crippen molar-refractivity contribution in [1.82, 2.24) is 9.97 Å². The fraction of sp³-hybridized carbons (Fsp3) is 0.100. The van der Waals surface area contributed by atoms with E-state index in [9.17, 15) is 8.42 Å². The van der Waals surface area contributed by atoms with Crippen molar-refractivity contribution in [2.75, 3.05) is 10.5 Å². The monoisotopic (exact) mass is 286 g/mol. The Hall–Kier alpha value is -1.73. The normalized spacial score (nSPS) is 11.4. The van der Waals surface area contributed by atoms with Crippen molar-refractivity contribution >= 4 is 33.0 Å². The van der Waals surface area contributed by atoms with Crippen LogP contribution in [0.4, 0.5) is 11.4 Å². The molecule has 0 atom stereocenters. The van der Waals surface area contributed by atoms with Crippen LogP contribution in [0, 0.1) is 6.92 Å². The Balaban J connectivity index is 2.33. The summed E-state index contributed by atoms with van der Waals surface area (Å²) in [6, 6.07) is 4.52. The fourth-order valence-electron chi connectivity index (χ4n) is 1.36. The molecule has 1 aromatic heterocycles. The number of hydrogen-bond acceptors (Lipinski definition) is 4. The number of sulfonamides is 1. The Labute approximate surface area is 109 Å². The van der Waals surface area contributed by atoms with E-state index >= 15 is 0 Å². The maximum Gasteiger partial charge on any atom is 0.279 e. The highest BCUT2D eigenvalue weighted by Gasteiger charge is 2.17. The molecule has 18 heavy (non-hydrogen) atoms. The average molecular weight is 287 g/mol. The number of hydrogen-bond donors (Lipinski definition) is 3. The number of imidazole rings is 1. The van der Waals surface area contributed by atoms with E-state index in [1.165, 1.54) is 18.3 Å². The van der Waals surface area contributed by atoms with Gasteiger partial charge >= 0.3 is 0 Å². The molecule has 0 bridgehead atoms. The maximum absolute atomic E-state index is 12.0. The minimum Gasteiger partial charge on any atom is -0.397 e. The van der Waals surface area contributed by atoms with Gasteiger partial charge in [0.05, 0.1) is 17.6 Å². The van der Waals surface area contributed by atoms with Crippen molar-refractivity contribution in [3.63, 3.8) is 0 Å². The quantitative estimate of drug-likeness (QED) is 0.748. The number of nitrogen functional groups attached to an aromatic ring is 1. The summed E-state index contributed by atoms with van der Waals surface area (Å²) in [5, 5.41) is 0.419. The lowest BCUT2D eigenvalue weighted by Crippen LogP contribution is -2.14. The molecule has 1 heterocycles. The van der Waals surface area contributed by atoms with Gasteiger partial charge in [-0.2, -0.15) is 8.42 Å². The number of H-pyrrole nitrogens is 1. The van der Waals surface area contributed by atoms with Crippen LogP contribution in [-0.4, -0.2) is 18.4 Å². The maximum atomic E-state index is 12.0. The molecule has 0 saturated carbocycles.